The van der Waals surface area contributed by atoms with Crippen LogP contribution in [0.5, 0.6) is 0 Å². The van der Waals surface area contributed by atoms with E-state index in [1.165, 1.54) is 0 Å². The first kappa shape index (κ1) is 22.7. The first-order valence-electron chi connectivity index (χ1n) is 0.783. The van der Waals surface area contributed by atoms with Gasteiger partial charge in [0.15, 0.2) is 0 Å². The molecule has 0 aliphatic heterocycles. The molecule has 0 unspecified atom stereocenters. The van der Waals surface area contributed by atoms with E-state index in [1.807, 2.05) is 0 Å². The van der Waals surface area contributed by atoms with Crippen molar-refractivity contribution in [2.45, 2.75) is 0 Å². The van der Waals surface area contributed by atoms with Gasteiger partial charge in [0.1, 0.15) is 0 Å². The van der Waals surface area contributed by atoms with Crippen molar-refractivity contribution in [3.63, 3.8) is 0 Å². The normalized spacial score (nSPS) is 7.38. The number of rotatable bonds is 0. The molecule has 0 aliphatic rings. The van der Waals surface area contributed by atoms with Crippen LogP contribution in [0.3, 0.4) is 0 Å². The van der Waals surface area contributed by atoms with Crippen molar-refractivity contribution < 1.29 is 19.2 Å². The van der Waals surface area contributed by atoms with Crippen LogP contribution in [-0.2, 0) is 4.57 Å². The maximum absolute atomic E-state index is 8.88. The first-order chi connectivity index (χ1) is 2.00. The van der Waals surface area contributed by atoms with E-state index in [4.69, 9.17) is 19.2 Å². The minimum atomic E-state index is -4.64. The average molecular weight is 353 g/mol. The summed E-state index contributed by atoms with van der Waals surface area (Å²) in [6.07, 6.45) is 0. The van der Waals surface area contributed by atoms with Crippen molar-refractivity contribution in [2.75, 3.05) is 0 Å². The van der Waals surface area contributed by atoms with Crippen LogP contribution < -0.4 is 0 Å². The second-order valence-corrected chi connectivity index (χ2v) is 1.54. The van der Waals surface area contributed by atoms with Gasteiger partial charge in [-0.1, -0.05) is 0 Å². The minimum absolute atomic E-state index is 0. The number of hydrogen-bond donors (Lipinski definition) is 3. The molecular formula is H9BaMgO4PSr. The van der Waals surface area contributed by atoms with Gasteiger partial charge in [-0.25, -0.2) is 4.57 Å². The molecule has 0 saturated carbocycles. The molecule has 0 saturated heterocycles. The monoisotopic (exact) mass is 354 g/mol. The molecule has 0 atom stereocenters. The Labute approximate surface area is 141 Å². The van der Waals surface area contributed by atoms with Gasteiger partial charge in [0, 0.05) is 0 Å². The fourth-order valence-electron chi connectivity index (χ4n) is 0. The van der Waals surface area contributed by atoms with E-state index in [2.05, 4.69) is 0 Å². The van der Waals surface area contributed by atoms with E-state index in [0.29, 0.717) is 0 Å². The molecule has 0 rings (SSSR count). The fraction of sp³-hybridized carbons (Fsp3) is 0. The van der Waals surface area contributed by atoms with Gasteiger partial charge in [-0.15, -0.1) is 0 Å². The molecule has 44 valence electrons. The predicted octanol–water partition coefficient (Wildman–Crippen LogP) is -3.68. The molecule has 8 heavy (non-hydrogen) atoms. The molecule has 0 aromatic rings. The number of hydrogen-bond acceptors (Lipinski definition) is 1. The molecule has 3 N–H and O–H groups in total. The van der Waals surface area contributed by atoms with E-state index in [-0.39, 0.29) is 117 Å². The van der Waals surface area contributed by atoms with Crippen molar-refractivity contribution in [3.05, 3.63) is 0 Å². The van der Waals surface area contributed by atoms with Gasteiger partial charge in [-0.05, 0) is 0 Å². The Kier molecular flexibility index (Phi) is 31.0. The van der Waals surface area contributed by atoms with Crippen molar-refractivity contribution in [2.24, 2.45) is 0 Å². The van der Waals surface area contributed by atoms with E-state index >= 15 is 0 Å². The summed E-state index contributed by atoms with van der Waals surface area (Å²) in [6.45, 7) is 0. The summed E-state index contributed by atoms with van der Waals surface area (Å²) in [4.78, 5) is 21.6. The van der Waals surface area contributed by atoms with Crippen LogP contribution in [-0.4, -0.2) is 132 Å². The van der Waals surface area contributed by atoms with Crippen molar-refractivity contribution >= 4 is 125 Å². The van der Waals surface area contributed by atoms with Gasteiger partial charge in [-0.2, -0.15) is 0 Å². The third kappa shape index (κ3) is 51.3. The van der Waals surface area contributed by atoms with Gasteiger partial charge >= 0.3 is 125 Å². The Morgan fingerprint density at radius 1 is 1.12 bits per heavy atom. The molecule has 0 bridgehead atoms. The molecule has 0 aromatic carbocycles. The summed E-state index contributed by atoms with van der Waals surface area (Å²) in [5, 5.41) is 0. The Hall–Kier alpha value is 3.93. The predicted molar refractivity (Wildman–Crippen MR) is 39.9 cm³/mol. The molecule has 0 aromatic heterocycles. The van der Waals surface area contributed by atoms with Crippen LogP contribution >= 0.6 is 7.82 Å². The molecule has 8 heteroatoms. The molecule has 0 aliphatic carbocycles. The van der Waals surface area contributed by atoms with Gasteiger partial charge in [0.2, 0.25) is 0 Å². The fourth-order valence-corrected chi connectivity index (χ4v) is 0. The summed E-state index contributed by atoms with van der Waals surface area (Å²) in [6, 6.07) is 0. The quantitative estimate of drug-likeness (QED) is 0.310. The summed E-state index contributed by atoms with van der Waals surface area (Å²) in [5.41, 5.74) is 0. The van der Waals surface area contributed by atoms with E-state index < -0.39 is 7.82 Å². The van der Waals surface area contributed by atoms with Crippen LogP contribution in [0.25, 0.3) is 0 Å². The second kappa shape index (κ2) is 10.9. The third-order valence-electron chi connectivity index (χ3n) is 0. The van der Waals surface area contributed by atoms with Gasteiger partial charge < -0.3 is 14.7 Å². The SMILES string of the molecule is O=P(O)(O)O.[BaH2].[MgH2].[SrH2]. The molecule has 0 heterocycles. The van der Waals surface area contributed by atoms with Crippen LogP contribution in [0.4, 0.5) is 0 Å². The first-order valence-corrected chi connectivity index (χ1v) is 2.35. The third-order valence-corrected chi connectivity index (χ3v) is 0. The Balaban J connectivity index is -0.0000000267. The Morgan fingerprint density at radius 3 is 1.12 bits per heavy atom. The molecule has 0 amide bonds. The van der Waals surface area contributed by atoms with Crippen LogP contribution in [0.2, 0.25) is 0 Å². The Bertz CT molecular complexity index is 62.2. The average Bonchev–Trinajstić information content (AvgIpc) is 0.722. The molecule has 0 radical (unpaired) electrons. The van der Waals surface area contributed by atoms with Crippen LogP contribution in [0, 0.1) is 0 Å². The molecule has 0 spiro atoms. The zero-order valence-electron chi connectivity index (χ0n) is 2.20. The second-order valence-electron chi connectivity index (χ2n) is 0.513. The van der Waals surface area contributed by atoms with Crippen molar-refractivity contribution in [3.8, 4) is 0 Å². The summed E-state index contributed by atoms with van der Waals surface area (Å²) in [7, 11) is -4.64. The van der Waals surface area contributed by atoms with Crippen molar-refractivity contribution in [1.82, 2.24) is 0 Å². The van der Waals surface area contributed by atoms with Crippen molar-refractivity contribution in [1.29, 1.82) is 0 Å². The van der Waals surface area contributed by atoms with Crippen LogP contribution in [0.1, 0.15) is 0 Å². The van der Waals surface area contributed by atoms with Crippen LogP contribution in [0.15, 0.2) is 0 Å². The van der Waals surface area contributed by atoms with Gasteiger partial charge in [0.25, 0.3) is 0 Å². The van der Waals surface area contributed by atoms with E-state index in [0.717, 1.165) is 0 Å². The molecule has 4 nitrogen and oxygen atoms in total. The van der Waals surface area contributed by atoms with Gasteiger partial charge in [0.05, 0.1) is 0 Å². The summed E-state index contributed by atoms with van der Waals surface area (Å²) >= 11 is 0. The van der Waals surface area contributed by atoms with E-state index in [1.54, 1.807) is 0 Å². The topological polar surface area (TPSA) is 77.8 Å². The standard InChI is InChI=1S/Ba.Mg.H3O4P.Sr.6H/c;;1-5(2,3)4;;;;;;;/h;;(H3,1,2,3,4);;;;;;;. The summed E-state index contributed by atoms with van der Waals surface area (Å²) in [5.74, 6) is 0. The van der Waals surface area contributed by atoms with E-state index in [9.17, 15) is 0 Å². The van der Waals surface area contributed by atoms with Gasteiger partial charge in [-0.3, -0.25) is 0 Å². The summed E-state index contributed by atoms with van der Waals surface area (Å²) < 4.78 is 8.88. The zero-order valence-corrected chi connectivity index (χ0v) is 3.09. The zero-order chi connectivity index (χ0) is 4.50. The Morgan fingerprint density at radius 2 is 1.12 bits per heavy atom. The molecular weight excluding hydrogens is 344 g/mol. The maximum atomic E-state index is 8.88. The molecule has 0 fully saturated rings. The number of phosphoric acid groups is 1.